The summed E-state index contributed by atoms with van der Waals surface area (Å²) in [6, 6.07) is 24.3. The van der Waals surface area contributed by atoms with Crippen LogP contribution in [0.15, 0.2) is 84.0 Å². The van der Waals surface area contributed by atoms with Crippen molar-refractivity contribution < 1.29 is 4.39 Å². The number of nitrogens with one attached hydrogen (secondary N) is 1. The van der Waals surface area contributed by atoms with Crippen molar-refractivity contribution in [2.75, 3.05) is 0 Å². The van der Waals surface area contributed by atoms with E-state index >= 15 is 0 Å². The highest BCUT2D eigenvalue weighted by atomic mass is 32.1. The lowest BCUT2D eigenvalue weighted by molar-refractivity contribution is 0.628. The SMILES string of the molecule is Fc1ccc(-c2n[nH]c(=S)n2N=Cc2ccc(-c3ccccc3)cc2)cc1. The Kier molecular flexibility index (Phi) is 4.72. The first kappa shape index (κ1) is 17.1. The van der Waals surface area contributed by atoms with Gasteiger partial charge in [0.1, 0.15) is 5.82 Å². The maximum atomic E-state index is 13.1. The molecule has 0 fully saturated rings. The van der Waals surface area contributed by atoms with E-state index in [1.165, 1.54) is 16.8 Å². The average molecular weight is 374 g/mol. The van der Waals surface area contributed by atoms with Crippen molar-refractivity contribution in [3.63, 3.8) is 0 Å². The number of nitrogens with zero attached hydrogens (tertiary/aromatic N) is 3. The van der Waals surface area contributed by atoms with E-state index in [-0.39, 0.29) is 5.82 Å². The predicted octanol–water partition coefficient (Wildman–Crippen LogP) is 5.30. The predicted molar refractivity (Wildman–Crippen MR) is 108 cm³/mol. The van der Waals surface area contributed by atoms with Crippen LogP contribution in [0.2, 0.25) is 0 Å². The fourth-order valence-electron chi connectivity index (χ4n) is 2.70. The molecule has 0 aliphatic carbocycles. The minimum atomic E-state index is -0.304. The first-order valence-electron chi connectivity index (χ1n) is 8.34. The third kappa shape index (κ3) is 3.75. The maximum absolute atomic E-state index is 13.1. The standard InChI is InChI=1S/C21H15FN4S/c22-19-12-10-18(11-13-19)20-24-25-21(27)26(20)23-14-15-6-8-17(9-7-15)16-4-2-1-3-5-16/h1-14H,(H,25,27). The van der Waals surface area contributed by atoms with Crippen LogP contribution < -0.4 is 0 Å². The highest BCUT2D eigenvalue weighted by Gasteiger charge is 2.08. The summed E-state index contributed by atoms with van der Waals surface area (Å²) in [6.45, 7) is 0. The molecule has 27 heavy (non-hydrogen) atoms. The van der Waals surface area contributed by atoms with Crippen molar-refractivity contribution in [1.82, 2.24) is 14.9 Å². The van der Waals surface area contributed by atoms with E-state index in [0.717, 1.165) is 22.3 Å². The molecule has 0 radical (unpaired) electrons. The lowest BCUT2D eigenvalue weighted by Gasteiger charge is -2.03. The molecule has 1 N–H and O–H groups in total. The summed E-state index contributed by atoms with van der Waals surface area (Å²) in [6.07, 6.45) is 1.72. The van der Waals surface area contributed by atoms with Gasteiger partial charge in [0.15, 0.2) is 5.82 Å². The molecule has 4 rings (SSSR count). The Morgan fingerprint density at radius 3 is 2.19 bits per heavy atom. The van der Waals surface area contributed by atoms with Crippen LogP contribution in [0, 0.1) is 10.6 Å². The van der Waals surface area contributed by atoms with E-state index in [0.29, 0.717) is 10.6 Å². The number of benzene rings is 3. The average Bonchev–Trinajstić information content (AvgIpc) is 3.08. The second-order valence-corrected chi connectivity index (χ2v) is 6.29. The van der Waals surface area contributed by atoms with E-state index in [1.54, 1.807) is 18.3 Å². The van der Waals surface area contributed by atoms with Gasteiger partial charge in [0.25, 0.3) is 0 Å². The summed E-state index contributed by atoms with van der Waals surface area (Å²) in [5, 5.41) is 11.4. The molecular formula is C21H15FN4S. The second-order valence-electron chi connectivity index (χ2n) is 5.90. The lowest BCUT2D eigenvalue weighted by Crippen LogP contribution is -1.95. The molecule has 0 unspecified atom stereocenters. The van der Waals surface area contributed by atoms with Crippen LogP contribution >= 0.6 is 12.2 Å². The minimum absolute atomic E-state index is 0.304. The molecule has 0 amide bonds. The van der Waals surface area contributed by atoms with Crippen molar-refractivity contribution in [3.05, 3.63) is 95.0 Å². The van der Waals surface area contributed by atoms with Gasteiger partial charge in [-0.2, -0.15) is 14.9 Å². The highest BCUT2D eigenvalue weighted by Crippen LogP contribution is 2.20. The Hall–Kier alpha value is -3.38. The topological polar surface area (TPSA) is 46.0 Å². The summed E-state index contributed by atoms with van der Waals surface area (Å²) < 4.78 is 15.0. The monoisotopic (exact) mass is 374 g/mol. The molecule has 0 spiro atoms. The molecule has 1 heterocycles. The van der Waals surface area contributed by atoms with E-state index in [9.17, 15) is 4.39 Å². The Labute approximate surface area is 160 Å². The van der Waals surface area contributed by atoms with Gasteiger partial charge in [0.2, 0.25) is 4.77 Å². The normalized spacial score (nSPS) is 11.1. The van der Waals surface area contributed by atoms with E-state index in [2.05, 4.69) is 27.4 Å². The first-order valence-corrected chi connectivity index (χ1v) is 8.75. The van der Waals surface area contributed by atoms with E-state index in [1.807, 2.05) is 42.5 Å². The van der Waals surface area contributed by atoms with Gasteiger partial charge in [-0.15, -0.1) is 0 Å². The Morgan fingerprint density at radius 1 is 0.852 bits per heavy atom. The van der Waals surface area contributed by atoms with Crippen LogP contribution in [0.25, 0.3) is 22.5 Å². The first-order chi connectivity index (χ1) is 13.2. The van der Waals surface area contributed by atoms with Gasteiger partial charge in [-0.3, -0.25) is 0 Å². The third-order valence-electron chi connectivity index (χ3n) is 4.09. The summed E-state index contributed by atoms with van der Waals surface area (Å²) in [7, 11) is 0. The van der Waals surface area contributed by atoms with Crippen molar-refractivity contribution in [2.45, 2.75) is 0 Å². The Bertz CT molecular complexity index is 1130. The van der Waals surface area contributed by atoms with Gasteiger partial charge in [-0.05, 0) is 53.2 Å². The van der Waals surface area contributed by atoms with Gasteiger partial charge in [-0.1, -0.05) is 54.6 Å². The van der Waals surface area contributed by atoms with Crippen molar-refractivity contribution in [3.8, 4) is 22.5 Å². The van der Waals surface area contributed by atoms with Gasteiger partial charge in [0.05, 0.1) is 6.21 Å². The van der Waals surface area contributed by atoms with E-state index in [4.69, 9.17) is 12.2 Å². The fourth-order valence-corrected chi connectivity index (χ4v) is 2.88. The summed E-state index contributed by atoms with van der Waals surface area (Å²) in [4.78, 5) is 0. The third-order valence-corrected chi connectivity index (χ3v) is 4.36. The largest absolute Gasteiger partial charge is 0.250 e. The molecule has 1 aromatic heterocycles. The molecule has 4 aromatic rings. The molecule has 3 aromatic carbocycles. The second kappa shape index (κ2) is 7.47. The van der Waals surface area contributed by atoms with E-state index < -0.39 is 0 Å². The summed E-state index contributed by atoms with van der Waals surface area (Å²) in [5.41, 5.74) is 3.96. The molecule has 6 heteroatoms. The van der Waals surface area contributed by atoms with Crippen molar-refractivity contribution in [2.24, 2.45) is 5.10 Å². The molecule has 0 aliphatic heterocycles. The number of aromatic nitrogens is 3. The van der Waals surface area contributed by atoms with Crippen molar-refractivity contribution in [1.29, 1.82) is 0 Å². The highest BCUT2D eigenvalue weighted by molar-refractivity contribution is 7.71. The summed E-state index contributed by atoms with van der Waals surface area (Å²) >= 11 is 5.26. The number of H-pyrrole nitrogens is 1. The molecular weight excluding hydrogens is 359 g/mol. The Morgan fingerprint density at radius 2 is 1.48 bits per heavy atom. The van der Waals surface area contributed by atoms with Crippen LogP contribution in [0.1, 0.15) is 5.56 Å². The van der Waals surface area contributed by atoms with Crippen molar-refractivity contribution >= 4 is 18.4 Å². The van der Waals surface area contributed by atoms with Gasteiger partial charge in [-0.25, -0.2) is 9.49 Å². The number of hydrogen-bond acceptors (Lipinski definition) is 3. The molecule has 0 saturated heterocycles. The zero-order valence-corrected chi connectivity index (χ0v) is 15.0. The van der Waals surface area contributed by atoms with Crippen LogP contribution in [-0.4, -0.2) is 21.1 Å². The quantitative estimate of drug-likeness (QED) is 0.389. The molecule has 4 nitrogen and oxygen atoms in total. The lowest BCUT2D eigenvalue weighted by atomic mass is 10.0. The number of rotatable bonds is 4. The molecule has 0 aliphatic rings. The number of halogens is 1. The molecule has 0 bridgehead atoms. The smallest absolute Gasteiger partial charge is 0.216 e. The molecule has 0 atom stereocenters. The number of hydrogen-bond donors (Lipinski definition) is 1. The molecule has 132 valence electrons. The zero-order chi connectivity index (χ0) is 18.6. The van der Waals surface area contributed by atoms with Crippen LogP contribution in [0.4, 0.5) is 4.39 Å². The number of aromatic amines is 1. The minimum Gasteiger partial charge on any atom is -0.250 e. The van der Waals surface area contributed by atoms with Crippen LogP contribution in [0.3, 0.4) is 0 Å². The zero-order valence-electron chi connectivity index (χ0n) is 14.2. The Balaban J connectivity index is 1.61. The van der Waals surface area contributed by atoms with Gasteiger partial charge < -0.3 is 0 Å². The summed E-state index contributed by atoms with van der Waals surface area (Å²) in [5.74, 6) is 0.221. The van der Waals surface area contributed by atoms with Gasteiger partial charge >= 0.3 is 0 Å². The molecule has 0 saturated carbocycles. The van der Waals surface area contributed by atoms with Gasteiger partial charge in [0, 0.05) is 5.56 Å². The maximum Gasteiger partial charge on any atom is 0.216 e. The van der Waals surface area contributed by atoms with Crippen LogP contribution in [-0.2, 0) is 0 Å². The van der Waals surface area contributed by atoms with Crippen LogP contribution in [0.5, 0.6) is 0 Å². The fraction of sp³-hybridized carbons (Fsp3) is 0.